The van der Waals surface area contributed by atoms with Gasteiger partial charge in [-0.2, -0.15) is 0 Å². The minimum absolute atomic E-state index is 0.0128. The molecule has 1 heterocycles. The van der Waals surface area contributed by atoms with E-state index in [1.54, 1.807) is 6.07 Å². The summed E-state index contributed by atoms with van der Waals surface area (Å²) in [4.78, 5) is 3.89. The molecule has 1 aromatic rings. The van der Waals surface area contributed by atoms with Gasteiger partial charge in [-0.25, -0.2) is 18.1 Å². The Morgan fingerprint density at radius 1 is 1.30 bits per heavy atom. The lowest BCUT2D eigenvalue weighted by Crippen LogP contribution is -2.31. The highest BCUT2D eigenvalue weighted by Crippen LogP contribution is 2.27. The molecule has 5 nitrogen and oxygen atoms in total. The topological polar surface area (TPSA) is 79.3 Å². The molecule has 112 valence electrons. The van der Waals surface area contributed by atoms with Gasteiger partial charge < -0.3 is 5.11 Å². The first-order valence-corrected chi connectivity index (χ1v) is 8.55. The molecule has 0 radical (unpaired) electrons. The lowest BCUT2D eigenvalue weighted by atomic mass is 9.83. The van der Waals surface area contributed by atoms with Gasteiger partial charge in [0, 0.05) is 12.7 Å². The van der Waals surface area contributed by atoms with Gasteiger partial charge in [0.15, 0.2) is 5.03 Å². The highest BCUT2D eigenvalue weighted by molar-refractivity contribution is 7.89. The first kappa shape index (κ1) is 15.4. The van der Waals surface area contributed by atoms with Gasteiger partial charge in [0.25, 0.3) is 10.0 Å². The van der Waals surface area contributed by atoms with E-state index in [0.29, 0.717) is 18.0 Å². The third-order valence-electron chi connectivity index (χ3n) is 3.95. The average molecular weight is 298 g/mol. The molecule has 0 saturated heterocycles. The van der Waals surface area contributed by atoms with Gasteiger partial charge in [0.05, 0.1) is 6.61 Å². The molecule has 1 aromatic heterocycles. The van der Waals surface area contributed by atoms with E-state index in [1.807, 2.05) is 0 Å². The smallest absolute Gasteiger partial charge is 0.258 e. The van der Waals surface area contributed by atoms with Gasteiger partial charge in [0.1, 0.15) is 0 Å². The fourth-order valence-corrected chi connectivity index (χ4v) is 3.54. The van der Waals surface area contributed by atoms with E-state index in [2.05, 4.69) is 16.6 Å². The number of hydrogen-bond donors (Lipinski definition) is 2. The summed E-state index contributed by atoms with van der Waals surface area (Å²) in [5.74, 6) is 1.19. The highest BCUT2D eigenvalue weighted by atomic mass is 32.2. The maximum absolute atomic E-state index is 12.1. The average Bonchev–Trinajstić information content (AvgIpc) is 2.47. The van der Waals surface area contributed by atoms with Gasteiger partial charge in [-0.3, -0.25) is 0 Å². The molecule has 0 aliphatic heterocycles. The second-order valence-corrected chi connectivity index (χ2v) is 7.35. The zero-order chi connectivity index (χ0) is 14.6. The number of pyridine rings is 1. The normalized spacial score (nSPS) is 23.7. The summed E-state index contributed by atoms with van der Waals surface area (Å²) in [5, 5.41) is 8.93. The van der Waals surface area contributed by atoms with Crippen LogP contribution >= 0.6 is 0 Å². The van der Waals surface area contributed by atoms with E-state index in [4.69, 9.17) is 5.11 Å². The molecule has 2 N–H and O–H groups in total. The molecule has 0 atom stereocenters. The Bertz CT molecular complexity index is 520. The second-order valence-electron chi connectivity index (χ2n) is 5.64. The first-order chi connectivity index (χ1) is 9.51. The molecule has 0 bridgehead atoms. The zero-order valence-electron chi connectivity index (χ0n) is 11.7. The van der Waals surface area contributed by atoms with Crippen LogP contribution in [0, 0.1) is 11.8 Å². The van der Waals surface area contributed by atoms with Crippen molar-refractivity contribution < 1.29 is 13.5 Å². The molecule has 1 saturated carbocycles. The van der Waals surface area contributed by atoms with Gasteiger partial charge in [-0.05, 0) is 36.3 Å². The summed E-state index contributed by atoms with van der Waals surface area (Å²) >= 11 is 0. The van der Waals surface area contributed by atoms with Crippen molar-refractivity contribution in [3.05, 3.63) is 23.9 Å². The molecule has 2 rings (SSSR count). The summed E-state index contributed by atoms with van der Waals surface area (Å²) in [6.45, 7) is 2.59. The Kier molecular flexibility index (Phi) is 5.12. The van der Waals surface area contributed by atoms with Crippen molar-refractivity contribution in [2.45, 2.75) is 44.2 Å². The third-order valence-corrected chi connectivity index (χ3v) is 5.29. The van der Waals surface area contributed by atoms with E-state index in [0.717, 1.165) is 18.8 Å². The van der Waals surface area contributed by atoms with E-state index >= 15 is 0 Å². The number of aliphatic hydroxyl groups is 1. The van der Waals surface area contributed by atoms with E-state index < -0.39 is 10.0 Å². The van der Waals surface area contributed by atoms with Crippen molar-refractivity contribution in [1.29, 1.82) is 0 Å². The monoisotopic (exact) mass is 298 g/mol. The van der Waals surface area contributed by atoms with Crippen LogP contribution in [0.2, 0.25) is 0 Å². The first-order valence-electron chi connectivity index (χ1n) is 7.06. The van der Waals surface area contributed by atoms with Crippen molar-refractivity contribution in [3.8, 4) is 0 Å². The molecular formula is C14H22N2O3S. The van der Waals surface area contributed by atoms with Gasteiger partial charge >= 0.3 is 0 Å². The summed E-state index contributed by atoms with van der Waals surface area (Å²) in [6, 6.07) is 3.00. The quantitative estimate of drug-likeness (QED) is 0.867. The standard InChI is InChI=1S/C14H22N2O3S/c1-11-2-4-12(5-3-11)9-16-20(18,19)14-7-6-13(10-17)8-15-14/h6-8,11-12,16-17H,2-5,9-10H2,1H3. The molecular weight excluding hydrogens is 276 g/mol. The Labute approximate surface area is 120 Å². The summed E-state index contributed by atoms with van der Waals surface area (Å²) in [5.41, 5.74) is 0.602. The van der Waals surface area contributed by atoms with Crippen LogP contribution in [0.5, 0.6) is 0 Å². The molecule has 0 amide bonds. The maximum Gasteiger partial charge on any atom is 0.258 e. The number of nitrogens with one attached hydrogen (secondary N) is 1. The van der Waals surface area contributed by atoms with Crippen LogP contribution in [-0.4, -0.2) is 25.1 Å². The number of aromatic nitrogens is 1. The molecule has 6 heteroatoms. The Balaban J connectivity index is 1.93. The molecule has 20 heavy (non-hydrogen) atoms. The third kappa shape index (κ3) is 4.01. The molecule has 1 fully saturated rings. The maximum atomic E-state index is 12.1. The van der Waals surface area contributed by atoms with E-state index in [9.17, 15) is 8.42 Å². The number of rotatable bonds is 5. The van der Waals surface area contributed by atoms with Crippen molar-refractivity contribution in [2.24, 2.45) is 11.8 Å². The summed E-state index contributed by atoms with van der Waals surface area (Å²) < 4.78 is 26.8. The molecule has 1 aliphatic carbocycles. The zero-order valence-corrected chi connectivity index (χ0v) is 12.6. The van der Waals surface area contributed by atoms with E-state index in [1.165, 1.54) is 25.1 Å². The van der Waals surface area contributed by atoms with Gasteiger partial charge in [-0.15, -0.1) is 0 Å². The number of aliphatic hydroxyl groups excluding tert-OH is 1. The lowest BCUT2D eigenvalue weighted by molar-refractivity contribution is 0.281. The van der Waals surface area contributed by atoms with Crippen molar-refractivity contribution in [2.75, 3.05) is 6.54 Å². The largest absolute Gasteiger partial charge is 0.392 e. The van der Waals surface area contributed by atoms with Crippen LogP contribution < -0.4 is 4.72 Å². The Hall–Kier alpha value is -0.980. The summed E-state index contributed by atoms with van der Waals surface area (Å²) in [7, 11) is -3.54. The fourth-order valence-electron chi connectivity index (χ4n) is 2.50. The van der Waals surface area contributed by atoms with E-state index in [-0.39, 0.29) is 11.6 Å². The van der Waals surface area contributed by atoms with Crippen molar-refractivity contribution >= 4 is 10.0 Å². The van der Waals surface area contributed by atoms with Crippen molar-refractivity contribution in [1.82, 2.24) is 9.71 Å². The van der Waals surface area contributed by atoms with Crippen molar-refractivity contribution in [3.63, 3.8) is 0 Å². The van der Waals surface area contributed by atoms with Crippen LogP contribution in [0.4, 0.5) is 0 Å². The SMILES string of the molecule is CC1CCC(CNS(=O)(=O)c2ccc(CO)cn2)CC1. The predicted molar refractivity (Wildman–Crippen MR) is 76.5 cm³/mol. The van der Waals surface area contributed by atoms with Crippen LogP contribution in [0.1, 0.15) is 38.2 Å². The number of sulfonamides is 1. The number of nitrogens with zero attached hydrogens (tertiary/aromatic N) is 1. The molecule has 0 aromatic carbocycles. The minimum Gasteiger partial charge on any atom is -0.392 e. The predicted octanol–water partition coefficient (Wildman–Crippen LogP) is 1.68. The molecule has 1 aliphatic rings. The Morgan fingerprint density at radius 3 is 2.55 bits per heavy atom. The van der Waals surface area contributed by atoms with Crippen LogP contribution in [-0.2, 0) is 16.6 Å². The Morgan fingerprint density at radius 2 is 2.00 bits per heavy atom. The molecule has 0 unspecified atom stereocenters. The van der Waals surface area contributed by atoms with Crippen LogP contribution in [0.25, 0.3) is 0 Å². The fraction of sp³-hybridized carbons (Fsp3) is 0.643. The van der Waals surface area contributed by atoms with Gasteiger partial charge in [0.2, 0.25) is 0 Å². The second kappa shape index (κ2) is 6.65. The van der Waals surface area contributed by atoms with Crippen LogP contribution in [0.15, 0.2) is 23.4 Å². The highest BCUT2D eigenvalue weighted by Gasteiger charge is 2.21. The summed E-state index contributed by atoms with van der Waals surface area (Å²) in [6.07, 6.45) is 5.91. The lowest BCUT2D eigenvalue weighted by Gasteiger charge is -2.26. The minimum atomic E-state index is -3.54. The molecule has 0 spiro atoms. The van der Waals surface area contributed by atoms with Gasteiger partial charge in [-0.1, -0.05) is 25.8 Å². The van der Waals surface area contributed by atoms with Crippen LogP contribution in [0.3, 0.4) is 0 Å². The number of hydrogen-bond acceptors (Lipinski definition) is 4.